The van der Waals surface area contributed by atoms with Crippen molar-refractivity contribution < 1.29 is 23.8 Å². The van der Waals surface area contributed by atoms with Gasteiger partial charge in [0.25, 0.3) is 5.91 Å². The summed E-state index contributed by atoms with van der Waals surface area (Å²) >= 11 is 0. The molecule has 1 heterocycles. The Morgan fingerprint density at radius 3 is 2.17 bits per heavy atom. The molecule has 0 aliphatic carbocycles. The highest BCUT2D eigenvalue weighted by Gasteiger charge is 2.24. The van der Waals surface area contributed by atoms with Crippen LogP contribution in [0.1, 0.15) is 26.3 Å². The van der Waals surface area contributed by atoms with Crippen molar-refractivity contribution in [3.8, 4) is 17.2 Å². The number of nitrogens with zero attached hydrogens (tertiary/aromatic N) is 2. The molecule has 0 aromatic heterocycles. The highest BCUT2D eigenvalue weighted by molar-refractivity contribution is 5.99. The van der Waals surface area contributed by atoms with Gasteiger partial charge in [-0.15, -0.1) is 0 Å². The number of piperazine rings is 1. The standard InChI is InChI=1S/C22H27N3O5/c1-28-18-8-7-17(19(29-2)20(18)30-3)14-24-9-11-25(12-10-24)22(27)16-6-4-5-15(13-16)21(23)26/h4-8,13H,9-12,14H2,1-3H3,(H2,23,26). The molecule has 2 N–H and O–H groups in total. The molecule has 0 unspecified atom stereocenters. The Bertz CT molecular complexity index is 923. The van der Waals surface area contributed by atoms with Crippen LogP contribution in [0.2, 0.25) is 0 Å². The van der Waals surface area contributed by atoms with Crippen molar-refractivity contribution in [1.82, 2.24) is 9.80 Å². The molecule has 0 radical (unpaired) electrons. The van der Waals surface area contributed by atoms with Crippen LogP contribution < -0.4 is 19.9 Å². The van der Waals surface area contributed by atoms with Crippen LogP contribution in [-0.4, -0.2) is 69.1 Å². The van der Waals surface area contributed by atoms with Gasteiger partial charge in [-0.2, -0.15) is 0 Å². The van der Waals surface area contributed by atoms with Crippen molar-refractivity contribution in [1.29, 1.82) is 0 Å². The lowest BCUT2D eigenvalue weighted by Crippen LogP contribution is -2.48. The first-order valence-corrected chi connectivity index (χ1v) is 9.67. The van der Waals surface area contributed by atoms with E-state index in [4.69, 9.17) is 19.9 Å². The normalized spacial score (nSPS) is 14.3. The second-order valence-electron chi connectivity index (χ2n) is 7.01. The Hall–Kier alpha value is -3.26. The average Bonchev–Trinajstić information content (AvgIpc) is 2.78. The number of hydrogen-bond donors (Lipinski definition) is 1. The smallest absolute Gasteiger partial charge is 0.253 e. The molecule has 1 aliphatic rings. The number of benzene rings is 2. The molecule has 160 valence electrons. The predicted octanol–water partition coefficient (Wildman–Crippen LogP) is 1.77. The van der Waals surface area contributed by atoms with Crippen molar-refractivity contribution in [3.63, 3.8) is 0 Å². The van der Waals surface area contributed by atoms with Crippen molar-refractivity contribution in [2.75, 3.05) is 47.5 Å². The first-order valence-electron chi connectivity index (χ1n) is 9.67. The summed E-state index contributed by atoms with van der Waals surface area (Å²) < 4.78 is 16.4. The minimum atomic E-state index is -0.543. The second kappa shape index (κ2) is 9.49. The summed E-state index contributed by atoms with van der Waals surface area (Å²) in [5.74, 6) is 1.20. The summed E-state index contributed by atoms with van der Waals surface area (Å²) in [7, 11) is 4.78. The molecule has 0 saturated carbocycles. The lowest BCUT2D eigenvalue weighted by Gasteiger charge is -2.35. The van der Waals surface area contributed by atoms with Gasteiger partial charge in [0.1, 0.15) is 0 Å². The zero-order chi connectivity index (χ0) is 21.7. The van der Waals surface area contributed by atoms with Gasteiger partial charge in [0.15, 0.2) is 11.5 Å². The third-order valence-corrected chi connectivity index (χ3v) is 5.23. The first-order chi connectivity index (χ1) is 14.5. The molecule has 30 heavy (non-hydrogen) atoms. The van der Waals surface area contributed by atoms with Crippen LogP contribution in [0.5, 0.6) is 17.2 Å². The summed E-state index contributed by atoms with van der Waals surface area (Å²) in [6.45, 7) is 3.30. The number of methoxy groups -OCH3 is 3. The second-order valence-corrected chi connectivity index (χ2v) is 7.01. The van der Waals surface area contributed by atoms with E-state index in [1.54, 1.807) is 50.5 Å². The molecule has 0 atom stereocenters. The molecule has 1 aliphatic heterocycles. The topological polar surface area (TPSA) is 94.3 Å². The van der Waals surface area contributed by atoms with Crippen LogP contribution in [0.3, 0.4) is 0 Å². The fourth-order valence-electron chi connectivity index (χ4n) is 3.63. The lowest BCUT2D eigenvalue weighted by atomic mass is 10.1. The molecular weight excluding hydrogens is 386 g/mol. The molecule has 3 rings (SSSR count). The number of primary amides is 1. The largest absolute Gasteiger partial charge is 0.493 e. The molecule has 0 spiro atoms. The maximum Gasteiger partial charge on any atom is 0.253 e. The number of amides is 2. The van der Waals surface area contributed by atoms with Crippen LogP contribution in [0.25, 0.3) is 0 Å². The zero-order valence-corrected chi connectivity index (χ0v) is 17.5. The Kier molecular flexibility index (Phi) is 6.79. The number of ether oxygens (including phenoxy) is 3. The van der Waals surface area contributed by atoms with Gasteiger partial charge in [-0.05, 0) is 24.3 Å². The van der Waals surface area contributed by atoms with Crippen LogP contribution in [0.15, 0.2) is 36.4 Å². The Morgan fingerprint density at radius 2 is 1.57 bits per heavy atom. The molecule has 8 nitrogen and oxygen atoms in total. The fraction of sp³-hybridized carbons (Fsp3) is 0.364. The Balaban J connectivity index is 1.66. The number of hydrogen-bond acceptors (Lipinski definition) is 6. The van der Waals surface area contributed by atoms with Gasteiger partial charge in [-0.1, -0.05) is 12.1 Å². The quantitative estimate of drug-likeness (QED) is 0.744. The van der Waals surface area contributed by atoms with Gasteiger partial charge in [0, 0.05) is 49.4 Å². The summed E-state index contributed by atoms with van der Waals surface area (Å²) in [5, 5.41) is 0. The van der Waals surface area contributed by atoms with Gasteiger partial charge in [0.2, 0.25) is 11.7 Å². The minimum Gasteiger partial charge on any atom is -0.493 e. The predicted molar refractivity (Wildman–Crippen MR) is 112 cm³/mol. The van der Waals surface area contributed by atoms with Crippen LogP contribution >= 0.6 is 0 Å². The summed E-state index contributed by atoms with van der Waals surface area (Å²) in [5.41, 5.74) is 7.11. The van der Waals surface area contributed by atoms with Gasteiger partial charge < -0.3 is 24.8 Å². The highest BCUT2D eigenvalue weighted by Crippen LogP contribution is 2.40. The van der Waals surface area contributed by atoms with Gasteiger partial charge in [0.05, 0.1) is 21.3 Å². The number of rotatable bonds is 7. The van der Waals surface area contributed by atoms with Gasteiger partial charge in [-0.25, -0.2) is 0 Å². The number of nitrogens with two attached hydrogens (primary N) is 1. The van der Waals surface area contributed by atoms with Crippen molar-refractivity contribution >= 4 is 11.8 Å². The molecule has 1 saturated heterocycles. The Labute approximate surface area is 176 Å². The summed E-state index contributed by atoms with van der Waals surface area (Å²) in [6, 6.07) is 10.4. The molecule has 8 heteroatoms. The van der Waals surface area contributed by atoms with Gasteiger partial charge in [-0.3, -0.25) is 14.5 Å². The lowest BCUT2D eigenvalue weighted by molar-refractivity contribution is 0.0627. The van der Waals surface area contributed by atoms with E-state index in [1.807, 2.05) is 12.1 Å². The minimum absolute atomic E-state index is 0.0959. The van der Waals surface area contributed by atoms with E-state index in [0.717, 1.165) is 18.7 Å². The highest BCUT2D eigenvalue weighted by atomic mass is 16.5. The SMILES string of the molecule is COc1ccc(CN2CCN(C(=O)c3cccc(C(N)=O)c3)CC2)c(OC)c1OC. The third kappa shape index (κ3) is 4.49. The summed E-state index contributed by atoms with van der Waals surface area (Å²) in [4.78, 5) is 28.2. The first kappa shape index (κ1) is 21.4. The van der Waals surface area contributed by atoms with E-state index in [1.165, 1.54) is 0 Å². The van der Waals surface area contributed by atoms with E-state index in [0.29, 0.717) is 48.0 Å². The van der Waals surface area contributed by atoms with Crippen LogP contribution in [-0.2, 0) is 6.54 Å². The monoisotopic (exact) mass is 413 g/mol. The van der Waals surface area contributed by atoms with E-state index >= 15 is 0 Å². The van der Waals surface area contributed by atoms with Crippen LogP contribution in [0.4, 0.5) is 0 Å². The van der Waals surface area contributed by atoms with Crippen molar-refractivity contribution in [2.24, 2.45) is 5.73 Å². The number of carbonyl (C=O) groups is 2. The fourth-order valence-corrected chi connectivity index (χ4v) is 3.63. The molecule has 2 aromatic carbocycles. The van der Waals surface area contributed by atoms with E-state index in [-0.39, 0.29) is 5.91 Å². The summed E-state index contributed by atoms with van der Waals surface area (Å²) in [6.07, 6.45) is 0. The van der Waals surface area contributed by atoms with Crippen molar-refractivity contribution in [2.45, 2.75) is 6.54 Å². The van der Waals surface area contributed by atoms with E-state index < -0.39 is 5.91 Å². The molecule has 0 bridgehead atoms. The molecule has 2 aromatic rings. The maximum absolute atomic E-state index is 12.8. The zero-order valence-electron chi connectivity index (χ0n) is 17.5. The maximum atomic E-state index is 12.8. The van der Waals surface area contributed by atoms with Crippen LogP contribution in [0, 0.1) is 0 Å². The van der Waals surface area contributed by atoms with Crippen molar-refractivity contribution in [3.05, 3.63) is 53.1 Å². The van der Waals surface area contributed by atoms with E-state index in [2.05, 4.69) is 4.90 Å². The van der Waals surface area contributed by atoms with E-state index in [9.17, 15) is 9.59 Å². The Morgan fingerprint density at radius 1 is 0.900 bits per heavy atom. The van der Waals surface area contributed by atoms with Gasteiger partial charge >= 0.3 is 0 Å². The number of carbonyl (C=O) groups excluding carboxylic acids is 2. The molecular formula is C22H27N3O5. The average molecular weight is 413 g/mol. The third-order valence-electron chi connectivity index (χ3n) is 5.23. The molecule has 2 amide bonds. The molecule has 1 fully saturated rings.